The molecule has 1 aromatic heterocycles. The quantitative estimate of drug-likeness (QED) is 0.826. The third kappa shape index (κ3) is 2.90. The molecule has 1 aromatic carbocycles. The van der Waals surface area contributed by atoms with E-state index in [9.17, 15) is 0 Å². The molecule has 2 heteroatoms. The van der Waals surface area contributed by atoms with E-state index in [0.717, 1.165) is 0 Å². The van der Waals surface area contributed by atoms with Crippen LogP contribution in [-0.4, -0.2) is 0 Å². The normalized spacial score (nSPS) is 22.8. The molecule has 100 valence electrons. The highest BCUT2D eigenvalue weighted by Gasteiger charge is 2.24. The molecule has 0 aliphatic heterocycles. The van der Waals surface area contributed by atoms with Crippen LogP contribution in [0.1, 0.15) is 41.3 Å². The summed E-state index contributed by atoms with van der Waals surface area (Å²) in [4.78, 5) is 1.49. The number of thiophene rings is 1. The van der Waals surface area contributed by atoms with Gasteiger partial charge in [0.05, 0.1) is 0 Å². The molecule has 0 saturated carbocycles. The van der Waals surface area contributed by atoms with Crippen molar-refractivity contribution in [2.75, 3.05) is 0 Å². The van der Waals surface area contributed by atoms with Crippen LogP contribution >= 0.6 is 11.3 Å². The number of rotatable bonds is 3. The predicted octanol–water partition coefficient (Wildman–Crippen LogP) is 4.33. The first-order valence-electron chi connectivity index (χ1n) is 7.20. The van der Waals surface area contributed by atoms with Gasteiger partial charge in [-0.25, -0.2) is 0 Å². The van der Waals surface area contributed by atoms with Crippen LogP contribution in [0.3, 0.4) is 0 Å². The Morgan fingerprint density at radius 2 is 2.05 bits per heavy atom. The summed E-state index contributed by atoms with van der Waals surface area (Å²) in [6, 6.07) is 13.3. The Bertz CT molecular complexity index is 518. The van der Waals surface area contributed by atoms with Gasteiger partial charge in [-0.05, 0) is 60.6 Å². The van der Waals surface area contributed by atoms with Crippen molar-refractivity contribution < 1.29 is 0 Å². The summed E-state index contributed by atoms with van der Waals surface area (Å²) < 4.78 is 0. The molecule has 1 heterocycles. The number of aryl methyl sites for hydroxylation is 2. The lowest BCUT2D eigenvalue weighted by Gasteiger charge is -2.22. The molecular weight excluding hydrogens is 250 g/mol. The maximum atomic E-state index is 6.53. The monoisotopic (exact) mass is 271 g/mol. The van der Waals surface area contributed by atoms with E-state index < -0.39 is 0 Å². The Balaban J connectivity index is 1.72. The van der Waals surface area contributed by atoms with Gasteiger partial charge in [0.1, 0.15) is 0 Å². The molecule has 3 rings (SSSR count). The molecule has 0 bridgehead atoms. The van der Waals surface area contributed by atoms with Crippen molar-refractivity contribution in [1.29, 1.82) is 0 Å². The van der Waals surface area contributed by atoms with E-state index in [1.54, 1.807) is 0 Å². The molecular formula is C17H21NS. The van der Waals surface area contributed by atoms with Crippen LogP contribution in [0.25, 0.3) is 0 Å². The molecule has 2 atom stereocenters. The SMILES string of the molecule is NC1c2ccccc2CCCC1CCc1cccs1. The predicted molar refractivity (Wildman–Crippen MR) is 82.4 cm³/mol. The van der Waals surface area contributed by atoms with Crippen LogP contribution in [0.2, 0.25) is 0 Å². The molecule has 0 saturated heterocycles. The largest absolute Gasteiger partial charge is 0.324 e. The Hall–Kier alpha value is -1.12. The van der Waals surface area contributed by atoms with Crippen LogP contribution in [-0.2, 0) is 12.8 Å². The van der Waals surface area contributed by atoms with Crippen molar-refractivity contribution in [2.24, 2.45) is 11.7 Å². The standard InChI is InChI=1S/C17H21NS/c18-17-14(10-11-15-8-4-12-19-15)7-3-6-13-5-1-2-9-16(13)17/h1-2,4-5,8-9,12,14,17H,3,6-7,10-11,18H2. The molecule has 2 N–H and O–H groups in total. The van der Waals surface area contributed by atoms with E-state index in [4.69, 9.17) is 5.73 Å². The van der Waals surface area contributed by atoms with Crippen molar-refractivity contribution in [2.45, 2.75) is 38.1 Å². The van der Waals surface area contributed by atoms with Crippen LogP contribution < -0.4 is 5.73 Å². The molecule has 0 spiro atoms. The van der Waals surface area contributed by atoms with Gasteiger partial charge < -0.3 is 5.73 Å². The Kier molecular flexibility index (Phi) is 4.00. The maximum absolute atomic E-state index is 6.53. The maximum Gasteiger partial charge on any atom is 0.0326 e. The topological polar surface area (TPSA) is 26.0 Å². The second-order valence-electron chi connectivity index (χ2n) is 5.49. The third-order valence-electron chi connectivity index (χ3n) is 4.28. The summed E-state index contributed by atoms with van der Waals surface area (Å²) in [6.45, 7) is 0. The molecule has 0 fully saturated rings. The number of hydrogen-bond acceptors (Lipinski definition) is 2. The molecule has 2 aromatic rings. The zero-order chi connectivity index (χ0) is 13.1. The average Bonchev–Trinajstić information content (AvgIpc) is 2.90. The number of hydrogen-bond donors (Lipinski definition) is 1. The summed E-state index contributed by atoms with van der Waals surface area (Å²) in [7, 11) is 0. The van der Waals surface area contributed by atoms with Gasteiger partial charge in [-0.1, -0.05) is 30.3 Å². The van der Waals surface area contributed by atoms with Gasteiger partial charge in [-0.3, -0.25) is 0 Å². The fourth-order valence-corrected chi connectivity index (χ4v) is 3.91. The van der Waals surface area contributed by atoms with E-state index in [0.29, 0.717) is 5.92 Å². The number of nitrogens with two attached hydrogens (primary N) is 1. The first-order chi connectivity index (χ1) is 9.34. The van der Waals surface area contributed by atoms with Gasteiger partial charge in [0, 0.05) is 10.9 Å². The Labute approximate surface area is 119 Å². The number of benzene rings is 1. The fourth-order valence-electron chi connectivity index (χ4n) is 3.18. The van der Waals surface area contributed by atoms with Gasteiger partial charge in [0.15, 0.2) is 0 Å². The highest BCUT2D eigenvalue weighted by Crippen LogP contribution is 2.34. The van der Waals surface area contributed by atoms with Gasteiger partial charge in [-0.15, -0.1) is 11.3 Å². The van der Waals surface area contributed by atoms with Crippen molar-refractivity contribution in [1.82, 2.24) is 0 Å². The zero-order valence-electron chi connectivity index (χ0n) is 11.2. The smallest absolute Gasteiger partial charge is 0.0326 e. The Morgan fingerprint density at radius 1 is 1.16 bits per heavy atom. The lowest BCUT2D eigenvalue weighted by molar-refractivity contribution is 0.379. The highest BCUT2D eigenvalue weighted by molar-refractivity contribution is 7.09. The summed E-state index contributed by atoms with van der Waals surface area (Å²) in [6.07, 6.45) is 6.13. The van der Waals surface area contributed by atoms with Crippen molar-refractivity contribution in [3.63, 3.8) is 0 Å². The van der Waals surface area contributed by atoms with E-state index in [1.807, 2.05) is 11.3 Å². The van der Waals surface area contributed by atoms with Crippen LogP contribution in [0, 0.1) is 5.92 Å². The van der Waals surface area contributed by atoms with Gasteiger partial charge in [0.2, 0.25) is 0 Å². The molecule has 0 amide bonds. The van der Waals surface area contributed by atoms with Crippen LogP contribution in [0.15, 0.2) is 41.8 Å². The Morgan fingerprint density at radius 3 is 2.89 bits per heavy atom. The van der Waals surface area contributed by atoms with Crippen LogP contribution in [0.5, 0.6) is 0 Å². The molecule has 19 heavy (non-hydrogen) atoms. The lowest BCUT2D eigenvalue weighted by Crippen LogP contribution is -2.21. The van der Waals surface area contributed by atoms with E-state index in [-0.39, 0.29) is 6.04 Å². The first-order valence-corrected chi connectivity index (χ1v) is 8.08. The molecule has 1 aliphatic carbocycles. The number of fused-ring (bicyclic) bond motifs is 1. The third-order valence-corrected chi connectivity index (χ3v) is 5.22. The summed E-state index contributed by atoms with van der Waals surface area (Å²) in [5.41, 5.74) is 9.39. The summed E-state index contributed by atoms with van der Waals surface area (Å²) >= 11 is 1.86. The zero-order valence-corrected chi connectivity index (χ0v) is 12.0. The highest BCUT2D eigenvalue weighted by atomic mass is 32.1. The van der Waals surface area contributed by atoms with E-state index in [1.165, 1.54) is 48.1 Å². The first kappa shape index (κ1) is 12.9. The van der Waals surface area contributed by atoms with Gasteiger partial charge >= 0.3 is 0 Å². The van der Waals surface area contributed by atoms with E-state index in [2.05, 4.69) is 41.8 Å². The fraction of sp³-hybridized carbons (Fsp3) is 0.412. The average molecular weight is 271 g/mol. The molecule has 2 unspecified atom stereocenters. The van der Waals surface area contributed by atoms with E-state index >= 15 is 0 Å². The second kappa shape index (κ2) is 5.89. The molecule has 0 radical (unpaired) electrons. The van der Waals surface area contributed by atoms with Gasteiger partial charge in [0.25, 0.3) is 0 Å². The van der Waals surface area contributed by atoms with Crippen molar-refractivity contribution in [3.05, 3.63) is 57.8 Å². The molecule has 1 aliphatic rings. The van der Waals surface area contributed by atoms with Crippen molar-refractivity contribution in [3.8, 4) is 0 Å². The summed E-state index contributed by atoms with van der Waals surface area (Å²) in [5.74, 6) is 0.630. The minimum Gasteiger partial charge on any atom is -0.324 e. The molecule has 1 nitrogen and oxygen atoms in total. The second-order valence-corrected chi connectivity index (χ2v) is 6.53. The lowest BCUT2D eigenvalue weighted by atomic mass is 9.88. The van der Waals surface area contributed by atoms with Crippen molar-refractivity contribution >= 4 is 11.3 Å². The van der Waals surface area contributed by atoms with Crippen LogP contribution in [0.4, 0.5) is 0 Å². The summed E-state index contributed by atoms with van der Waals surface area (Å²) in [5, 5.41) is 2.16. The van der Waals surface area contributed by atoms with Gasteiger partial charge in [-0.2, -0.15) is 0 Å². The minimum absolute atomic E-state index is 0.221. The minimum atomic E-state index is 0.221.